The largest absolute Gasteiger partial charge is 0.310 e. The summed E-state index contributed by atoms with van der Waals surface area (Å²) in [6, 6.07) is 52.2. The van der Waals surface area contributed by atoms with Crippen molar-refractivity contribution in [1.29, 1.82) is 0 Å². The van der Waals surface area contributed by atoms with Gasteiger partial charge in [0.25, 0.3) is 0 Å². The summed E-state index contributed by atoms with van der Waals surface area (Å²) in [7, 11) is 0. The van der Waals surface area contributed by atoms with Gasteiger partial charge in [-0.05, 0) is 160 Å². The second-order valence-electron chi connectivity index (χ2n) is 18.9. The van der Waals surface area contributed by atoms with Crippen molar-refractivity contribution >= 4 is 17.1 Å². The lowest BCUT2D eigenvalue weighted by molar-refractivity contribution is 0.435. The second kappa shape index (κ2) is 16.1. The van der Waals surface area contributed by atoms with E-state index >= 15 is 0 Å². The highest BCUT2D eigenvalue weighted by Crippen LogP contribution is 2.51. The standard InChI is InChI=1S/C57H61N/c1-57(2)55-30-13-12-29-53(55)54-32-31-52(39-56(54)57)58(50-27-15-25-45(37-50)40-17-6-3-7-18-40)51-28-16-26-46(38-51)43-23-14-24-44(33-43)49-35-47(41-19-8-4-9-20-41)34-48(36-49)42-21-10-5-11-22-42/h12-16,23-42H,3-11,17-22H2,1-2H3. The minimum Gasteiger partial charge on any atom is -0.310 e. The highest BCUT2D eigenvalue weighted by molar-refractivity contribution is 5.87. The third kappa shape index (κ3) is 7.25. The Morgan fingerprint density at radius 1 is 0.362 bits per heavy atom. The van der Waals surface area contributed by atoms with Gasteiger partial charge in [0, 0.05) is 22.5 Å². The van der Waals surface area contributed by atoms with Gasteiger partial charge in [-0.15, -0.1) is 0 Å². The molecule has 10 rings (SSSR count). The van der Waals surface area contributed by atoms with E-state index in [-0.39, 0.29) is 5.41 Å². The Hall–Kier alpha value is -4.88. The van der Waals surface area contributed by atoms with E-state index in [1.807, 2.05) is 0 Å². The van der Waals surface area contributed by atoms with Crippen molar-refractivity contribution in [3.8, 4) is 33.4 Å². The van der Waals surface area contributed by atoms with Crippen LogP contribution in [-0.4, -0.2) is 0 Å². The first kappa shape index (κ1) is 37.4. The summed E-state index contributed by atoms with van der Waals surface area (Å²) < 4.78 is 0. The maximum Gasteiger partial charge on any atom is 0.0467 e. The van der Waals surface area contributed by atoms with E-state index in [0.717, 1.165) is 0 Å². The number of fused-ring (bicyclic) bond motifs is 3. The fourth-order valence-corrected chi connectivity index (χ4v) is 11.5. The van der Waals surface area contributed by atoms with Gasteiger partial charge >= 0.3 is 0 Å². The summed E-state index contributed by atoms with van der Waals surface area (Å²) in [5.74, 6) is 2.06. The van der Waals surface area contributed by atoms with E-state index in [2.05, 4.69) is 152 Å². The Labute approximate surface area is 348 Å². The average molecular weight is 760 g/mol. The van der Waals surface area contributed by atoms with Crippen LogP contribution in [0.5, 0.6) is 0 Å². The molecule has 1 nitrogen and oxygen atoms in total. The second-order valence-corrected chi connectivity index (χ2v) is 18.9. The zero-order valence-electron chi connectivity index (χ0n) is 35.0. The van der Waals surface area contributed by atoms with Gasteiger partial charge in [-0.3, -0.25) is 0 Å². The molecule has 0 N–H and O–H groups in total. The topological polar surface area (TPSA) is 3.24 Å². The van der Waals surface area contributed by atoms with Gasteiger partial charge in [0.2, 0.25) is 0 Å². The van der Waals surface area contributed by atoms with Crippen LogP contribution in [0.15, 0.2) is 133 Å². The van der Waals surface area contributed by atoms with Crippen molar-refractivity contribution in [1.82, 2.24) is 0 Å². The predicted octanol–water partition coefficient (Wildman–Crippen LogP) is 16.9. The summed E-state index contributed by atoms with van der Waals surface area (Å²) >= 11 is 0. The zero-order valence-corrected chi connectivity index (χ0v) is 35.0. The van der Waals surface area contributed by atoms with Gasteiger partial charge in [-0.25, -0.2) is 0 Å². The summed E-state index contributed by atoms with van der Waals surface area (Å²) in [5, 5.41) is 0. The lowest BCUT2D eigenvalue weighted by Crippen LogP contribution is -2.16. The Morgan fingerprint density at radius 3 is 1.52 bits per heavy atom. The molecule has 0 saturated heterocycles. The van der Waals surface area contributed by atoms with Gasteiger partial charge in [0.15, 0.2) is 0 Å². The lowest BCUT2D eigenvalue weighted by Gasteiger charge is -2.30. The van der Waals surface area contributed by atoms with Crippen LogP contribution in [0, 0.1) is 0 Å². The Morgan fingerprint density at radius 2 is 0.862 bits per heavy atom. The quantitative estimate of drug-likeness (QED) is 0.149. The fourth-order valence-electron chi connectivity index (χ4n) is 11.5. The molecule has 0 bridgehead atoms. The maximum atomic E-state index is 2.62. The van der Waals surface area contributed by atoms with E-state index in [1.165, 1.54) is 163 Å². The normalized spacial score (nSPS) is 18.4. The van der Waals surface area contributed by atoms with Crippen molar-refractivity contribution < 1.29 is 0 Å². The van der Waals surface area contributed by atoms with Crippen molar-refractivity contribution in [2.45, 2.75) is 133 Å². The molecule has 0 aliphatic heterocycles. The Bertz CT molecular complexity index is 2360. The lowest BCUT2D eigenvalue weighted by atomic mass is 9.78. The summed E-state index contributed by atoms with van der Waals surface area (Å²) in [6.07, 6.45) is 20.3. The molecule has 294 valence electrons. The summed E-state index contributed by atoms with van der Waals surface area (Å²) in [5.41, 5.74) is 19.1. The van der Waals surface area contributed by atoms with E-state index in [4.69, 9.17) is 0 Å². The average Bonchev–Trinajstić information content (AvgIpc) is 3.52. The van der Waals surface area contributed by atoms with E-state index in [0.29, 0.717) is 17.8 Å². The third-order valence-corrected chi connectivity index (χ3v) is 14.8. The zero-order chi connectivity index (χ0) is 39.1. The van der Waals surface area contributed by atoms with Crippen LogP contribution in [0.4, 0.5) is 17.1 Å². The molecule has 3 fully saturated rings. The van der Waals surface area contributed by atoms with Gasteiger partial charge in [0.1, 0.15) is 0 Å². The molecule has 0 aromatic heterocycles. The van der Waals surface area contributed by atoms with Crippen LogP contribution in [0.2, 0.25) is 0 Å². The predicted molar refractivity (Wildman–Crippen MR) is 247 cm³/mol. The van der Waals surface area contributed by atoms with Crippen molar-refractivity contribution in [3.63, 3.8) is 0 Å². The minimum atomic E-state index is -0.0645. The molecule has 4 aliphatic carbocycles. The minimum absolute atomic E-state index is 0.0645. The van der Waals surface area contributed by atoms with Crippen molar-refractivity contribution in [2.75, 3.05) is 4.90 Å². The molecule has 0 spiro atoms. The van der Waals surface area contributed by atoms with Gasteiger partial charge < -0.3 is 4.90 Å². The SMILES string of the molecule is CC1(C)c2ccccc2-c2ccc(N(c3cccc(-c4cccc(-c5cc(C6CCCCC6)cc(C6CCCCC6)c5)c4)c3)c3cccc(C4CCCCC4)c3)cc21. The molecule has 6 aromatic rings. The van der Waals surface area contributed by atoms with Crippen LogP contribution in [-0.2, 0) is 5.41 Å². The number of benzene rings is 6. The molecule has 0 heterocycles. The highest BCUT2D eigenvalue weighted by Gasteiger charge is 2.36. The highest BCUT2D eigenvalue weighted by atomic mass is 15.1. The summed E-state index contributed by atoms with van der Waals surface area (Å²) in [4.78, 5) is 2.53. The molecule has 4 aliphatic rings. The molecule has 3 saturated carbocycles. The molecule has 0 atom stereocenters. The Kier molecular flexibility index (Phi) is 10.3. The molecular weight excluding hydrogens is 699 g/mol. The van der Waals surface area contributed by atoms with Crippen LogP contribution in [0.1, 0.15) is 156 Å². The molecule has 0 radical (unpaired) electrons. The molecular formula is C57H61N. The number of anilines is 3. The van der Waals surface area contributed by atoms with Gasteiger partial charge in [-0.1, -0.05) is 163 Å². The first-order valence-electron chi connectivity index (χ1n) is 23.0. The third-order valence-electron chi connectivity index (χ3n) is 14.8. The molecule has 6 aromatic carbocycles. The molecule has 58 heavy (non-hydrogen) atoms. The monoisotopic (exact) mass is 759 g/mol. The van der Waals surface area contributed by atoms with Crippen LogP contribution in [0.25, 0.3) is 33.4 Å². The van der Waals surface area contributed by atoms with Crippen LogP contribution < -0.4 is 4.90 Å². The van der Waals surface area contributed by atoms with Crippen molar-refractivity contribution in [2.24, 2.45) is 0 Å². The Balaban J connectivity index is 1.05. The molecule has 0 unspecified atom stereocenters. The van der Waals surface area contributed by atoms with Crippen LogP contribution in [0.3, 0.4) is 0 Å². The van der Waals surface area contributed by atoms with Gasteiger partial charge in [0.05, 0.1) is 0 Å². The van der Waals surface area contributed by atoms with Crippen LogP contribution >= 0.6 is 0 Å². The smallest absolute Gasteiger partial charge is 0.0467 e. The number of hydrogen-bond donors (Lipinski definition) is 0. The van der Waals surface area contributed by atoms with Gasteiger partial charge in [-0.2, -0.15) is 0 Å². The number of hydrogen-bond acceptors (Lipinski definition) is 1. The molecule has 0 amide bonds. The molecule has 1 heteroatoms. The van der Waals surface area contributed by atoms with E-state index in [1.54, 1.807) is 11.1 Å². The van der Waals surface area contributed by atoms with E-state index < -0.39 is 0 Å². The summed E-state index contributed by atoms with van der Waals surface area (Å²) in [6.45, 7) is 4.79. The first-order valence-corrected chi connectivity index (χ1v) is 23.0. The number of rotatable bonds is 8. The van der Waals surface area contributed by atoms with Crippen molar-refractivity contribution in [3.05, 3.63) is 161 Å². The fraction of sp³-hybridized carbons (Fsp3) is 0.368. The number of nitrogens with zero attached hydrogens (tertiary/aromatic N) is 1. The van der Waals surface area contributed by atoms with E-state index in [9.17, 15) is 0 Å². The first-order chi connectivity index (χ1) is 28.5. The maximum absolute atomic E-state index is 2.62.